The molecule has 1 aliphatic rings. The molecule has 6 nitrogen and oxygen atoms in total. The fourth-order valence-corrected chi connectivity index (χ4v) is 2.13. The molecule has 1 aromatic rings. The van der Waals surface area contributed by atoms with Gasteiger partial charge in [0.2, 0.25) is 5.91 Å². The first-order chi connectivity index (χ1) is 10.2. The van der Waals surface area contributed by atoms with Crippen LogP contribution in [0.5, 0.6) is 0 Å². The Balaban J connectivity index is 2.58. The summed E-state index contributed by atoms with van der Waals surface area (Å²) in [6.45, 7) is 1.06. The second-order valence-electron chi connectivity index (χ2n) is 4.84. The van der Waals surface area contributed by atoms with E-state index in [1.807, 2.05) is 0 Å². The van der Waals surface area contributed by atoms with Gasteiger partial charge in [0, 0.05) is 19.5 Å². The van der Waals surface area contributed by atoms with Crippen molar-refractivity contribution in [3.05, 3.63) is 28.2 Å². The minimum atomic E-state index is -4.72. The number of carbonyl (C=O) groups excluding carboxylic acids is 2. The predicted molar refractivity (Wildman–Crippen MR) is 69.5 cm³/mol. The highest BCUT2D eigenvalue weighted by molar-refractivity contribution is 5.88. The molecule has 1 fully saturated rings. The Bertz CT molecular complexity index is 666. The summed E-state index contributed by atoms with van der Waals surface area (Å²) in [5.41, 5.74) is -2.54. The van der Waals surface area contributed by atoms with E-state index in [4.69, 9.17) is 4.74 Å². The number of nitrogens with one attached hydrogen (secondary N) is 1. The van der Waals surface area contributed by atoms with Crippen molar-refractivity contribution in [3.63, 3.8) is 0 Å². The molecule has 1 aliphatic heterocycles. The molecule has 9 heteroatoms. The molecule has 0 spiro atoms. The molecule has 1 aromatic heterocycles. The molecule has 0 saturated carbocycles. The van der Waals surface area contributed by atoms with Crippen LogP contribution in [-0.4, -0.2) is 29.5 Å². The predicted octanol–water partition coefficient (Wildman–Crippen LogP) is 1.36. The molecule has 1 unspecified atom stereocenters. The van der Waals surface area contributed by atoms with Gasteiger partial charge in [0.05, 0.1) is 18.8 Å². The average Bonchev–Trinajstić information content (AvgIpc) is 2.40. The third kappa shape index (κ3) is 3.35. The van der Waals surface area contributed by atoms with Gasteiger partial charge in [-0.2, -0.15) is 13.2 Å². The average molecular weight is 318 g/mol. The molecule has 1 amide bonds. The largest absolute Gasteiger partial charge is 0.417 e. The lowest BCUT2D eigenvalue weighted by atomic mass is 10.1. The zero-order chi connectivity index (χ0) is 16.5. The van der Waals surface area contributed by atoms with E-state index in [-0.39, 0.29) is 25.4 Å². The van der Waals surface area contributed by atoms with Crippen molar-refractivity contribution in [1.29, 1.82) is 0 Å². The van der Waals surface area contributed by atoms with Crippen molar-refractivity contribution in [2.75, 3.05) is 18.5 Å². The molecule has 0 radical (unpaired) electrons. The van der Waals surface area contributed by atoms with Crippen molar-refractivity contribution in [1.82, 2.24) is 4.57 Å². The Morgan fingerprint density at radius 1 is 1.41 bits per heavy atom. The molecule has 2 heterocycles. The fourth-order valence-electron chi connectivity index (χ4n) is 2.13. The second kappa shape index (κ2) is 5.91. The number of halogens is 3. The summed E-state index contributed by atoms with van der Waals surface area (Å²) in [6.07, 6.45) is -4.13. The van der Waals surface area contributed by atoms with E-state index in [9.17, 15) is 27.6 Å². The first kappa shape index (κ1) is 16.2. The number of Topliss-reactive ketones (excluding diaryl/α,β-unsaturated/α-hetero) is 1. The van der Waals surface area contributed by atoms with E-state index in [1.165, 1.54) is 0 Å². The van der Waals surface area contributed by atoms with Crippen LogP contribution in [0.2, 0.25) is 0 Å². The third-order valence-electron chi connectivity index (χ3n) is 3.16. The maximum absolute atomic E-state index is 12.9. The summed E-state index contributed by atoms with van der Waals surface area (Å²) in [4.78, 5) is 35.1. The van der Waals surface area contributed by atoms with Gasteiger partial charge in [-0.15, -0.1) is 0 Å². The van der Waals surface area contributed by atoms with Gasteiger partial charge in [0.25, 0.3) is 5.56 Å². The smallest absolute Gasteiger partial charge is 0.378 e. The summed E-state index contributed by atoms with van der Waals surface area (Å²) < 4.78 is 44.5. The highest BCUT2D eigenvalue weighted by Crippen LogP contribution is 2.30. The minimum absolute atomic E-state index is 0.0167. The van der Waals surface area contributed by atoms with Crippen molar-refractivity contribution in [3.8, 4) is 0 Å². The van der Waals surface area contributed by atoms with Gasteiger partial charge in [-0.1, -0.05) is 0 Å². The Kier molecular flexibility index (Phi) is 4.36. The number of amides is 1. The SMILES string of the molecule is CC(=O)Nc1cc(C(F)(F)F)cn(C2COCCC2=O)c1=O. The summed E-state index contributed by atoms with van der Waals surface area (Å²) >= 11 is 0. The number of hydrogen-bond acceptors (Lipinski definition) is 4. The number of pyridine rings is 1. The zero-order valence-electron chi connectivity index (χ0n) is 11.6. The Morgan fingerprint density at radius 3 is 2.64 bits per heavy atom. The van der Waals surface area contributed by atoms with Crippen LogP contribution >= 0.6 is 0 Å². The minimum Gasteiger partial charge on any atom is -0.378 e. The van der Waals surface area contributed by atoms with E-state index in [1.54, 1.807) is 0 Å². The van der Waals surface area contributed by atoms with E-state index < -0.39 is 34.9 Å². The molecule has 1 saturated heterocycles. The Morgan fingerprint density at radius 2 is 2.09 bits per heavy atom. The standard InChI is InChI=1S/C13H13F3N2O4/c1-7(19)17-9-4-8(13(14,15)16)5-18(12(9)21)10-6-22-3-2-11(10)20/h4-5,10H,2-3,6H2,1H3,(H,17,19). The summed E-state index contributed by atoms with van der Waals surface area (Å²) in [6, 6.07) is -0.579. The number of nitrogens with zero attached hydrogens (tertiary/aromatic N) is 1. The molecule has 22 heavy (non-hydrogen) atoms. The number of carbonyl (C=O) groups is 2. The number of ketones is 1. The van der Waals surface area contributed by atoms with Crippen molar-refractivity contribution in [2.45, 2.75) is 25.6 Å². The van der Waals surface area contributed by atoms with Crippen LogP contribution in [0.1, 0.15) is 24.9 Å². The van der Waals surface area contributed by atoms with Crippen LogP contribution in [-0.2, 0) is 20.5 Å². The first-order valence-electron chi connectivity index (χ1n) is 6.41. The van der Waals surface area contributed by atoms with Gasteiger partial charge in [-0.3, -0.25) is 14.4 Å². The molecular weight excluding hydrogens is 305 g/mol. The van der Waals surface area contributed by atoms with Crippen LogP contribution in [0.25, 0.3) is 0 Å². The van der Waals surface area contributed by atoms with Crippen LogP contribution in [0.4, 0.5) is 18.9 Å². The number of anilines is 1. The number of alkyl halides is 3. The van der Waals surface area contributed by atoms with Crippen LogP contribution < -0.4 is 10.9 Å². The molecule has 0 aliphatic carbocycles. The first-order valence-corrected chi connectivity index (χ1v) is 6.41. The third-order valence-corrected chi connectivity index (χ3v) is 3.16. The lowest BCUT2D eigenvalue weighted by molar-refractivity contribution is -0.139. The van der Waals surface area contributed by atoms with Gasteiger partial charge in [0.1, 0.15) is 11.7 Å². The summed E-state index contributed by atoms with van der Waals surface area (Å²) in [7, 11) is 0. The van der Waals surface area contributed by atoms with Crippen LogP contribution in [0.3, 0.4) is 0 Å². The molecule has 1 atom stereocenters. The summed E-state index contributed by atoms with van der Waals surface area (Å²) in [5.74, 6) is -1.07. The van der Waals surface area contributed by atoms with Gasteiger partial charge >= 0.3 is 6.18 Å². The van der Waals surface area contributed by atoms with Crippen molar-refractivity contribution in [2.24, 2.45) is 0 Å². The maximum Gasteiger partial charge on any atom is 0.417 e. The van der Waals surface area contributed by atoms with Gasteiger partial charge < -0.3 is 14.6 Å². The lowest BCUT2D eigenvalue weighted by Gasteiger charge is -2.24. The van der Waals surface area contributed by atoms with Gasteiger partial charge in [0.15, 0.2) is 5.78 Å². The maximum atomic E-state index is 12.9. The second-order valence-corrected chi connectivity index (χ2v) is 4.84. The molecule has 0 bridgehead atoms. The van der Waals surface area contributed by atoms with Crippen molar-refractivity contribution < 1.29 is 27.5 Å². The number of rotatable bonds is 2. The fraction of sp³-hybridized carbons (Fsp3) is 0.462. The van der Waals surface area contributed by atoms with E-state index in [0.717, 1.165) is 6.92 Å². The zero-order valence-corrected chi connectivity index (χ0v) is 11.6. The molecule has 1 N–H and O–H groups in total. The Labute approximate surface area is 122 Å². The highest BCUT2D eigenvalue weighted by atomic mass is 19.4. The van der Waals surface area contributed by atoms with Crippen LogP contribution in [0, 0.1) is 0 Å². The summed E-state index contributed by atoms with van der Waals surface area (Å²) in [5, 5.41) is 2.06. The van der Waals surface area contributed by atoms with E-state index >= 15 is 0 Å². The van der Waals surface area contributed by atoms with E-state index in [2.05, 4.69) is 5.32 Å². The monoisotopic (exact) mass is 318 g/mol. The van der Waals surface area contributed by atoms with Gasteiger partial charge in [-0.25, -0.2) is 0 Å². The molecule has 2 rings (SSSR count). The number of aromatic nitrogens is 1. The number of ether oxygens (including phenoxy) is 1. The molecule has 120 valence electrons. The molecular formula is C13H13F3N2O4. The Hall–Kier alpha value is -2.16. The number of hydrogen-bond donors (Lipinski definition) is 1. The van der Waals surface area contributed by atoms with Crippen LogP contribution in [0.15, 0.2) is 17.1 Å². The highest BCUT2D eigenvalue weighted by Gasteiger charge is 2.34. The topological polar surface area (TPSA) is 77.4 Å². The van der Waals surface area contributed by atoms with Crippen molar-refractivity contribution >= 4 is 17.4 Å². The van der Waals surface area contributed by atoms with Gasteiger partial charge in [-0.05, 0) is 6.07 Å². The van der Waals surface area contributed by atoms with E-state index in [0.29, 0.717) is 16.8 Å². The molecule has 0 aromatic carbocycles. The lowest BCUT2D eigenvalue weighted by Crippen LogP contribution is -2.38. The normalized spacial score (nSPS) is 19.1. The quantitative estimate of drug-likeness (QED) is 0.893.